The van der Waals surface area contributed by atoms with E-state index < -0.39 is 5.54 Å². The largest absolute Gasteiger partial charge is 0.496 e. The lowest BCUT2D eigenvalue weighted by Crippen LogP contribution is -2.63. The number of anilines is 1. The number of fused-ring (bicyclic) bond motifs is 1. The van der Waals surface area contributed by atoms with E-state index in [1.807, 2.05) is 86.6 Å². The molecule has 2 amide bonds. The van der Waals surface area contributed by atoms with E-state index in [9.17, 15) is 9.59 Å². The zero-order chi connectivity index (χ0) is 22.0. The summed E-state index contributed by atoms with van der Waals surface area (Å²) in [6.07, 6.45) is 0.431. The number of carbonyl (C=O) groups excluding carboxylic acids is 2. The Kier molecular flexibility index (Phi) is 5.51. The van der Waals surface area contributed by atoms with Crippen LogP contribution in [0.5, 0.6) is 5.75 Å². The van der Waals surface area contributed by atoms with Crippen LogP contribution in [-0.2, 0) is 17.8 Å². The third-order valence-electron chi connectivity index (χ3n) is 5.86. The second-order valence-corrected chi connectivity index (χ2v) is 8.08. The molecule has 0 unspecified atom stereocenters. The van der Waals surface area contributed by atoms with Gasteiger partial charge in [-0.15, -0.1) is 0 Å². The molecule has 158 valence electrons. The first-order valence-corrected chi connectivity index (χ1v) is 10.3. The summed E-state index contributed by atoms with van der Waals surface area (Å²) in [5.41, 5.74) is 3.08. The van der Waals surface area contributed by atoms with Crippen molar-refractivity contribution < 1.29 is 14.3 Å². The Labute approximate surface area is 182 Å². The molecule has 0 aliphatic carbocycles. The zero-order valence-electron chi connectivity index (χ0n) is 18.0. The fraction of sp³-hybridized carbons (Fsp3) is 0.231. The lowest BCUT2D eigenvalue weighted by atomic mass is 9.82. The van der Waals surface area contributed by atoms with Crippen molar-refractivity contribution in [1.82, 2.24) is 5.32 Å². The molecule has 0 radical (unpaired) electrons. The molecule has 0 fully saturated rings. The van der Waals surface area contributed by atoms with Gasteiger partial charge in [-0.25, -0.2) is 0 Å². The van der Waals surface area contributed by atoms with Crippen molar-refractivity contribution in [3.8, 4) is 5.75 Å². The molecule has 0 spiro atoms. The summed E-state index contributed by atoms with van der Waals surface area (Å²) in [5.74, 6) is 0.346. The molecule has 5 nitrogen and oxygen atoms in total. The maximum atomic E-state index is 13.6. The Morgan fingerprint density at radius 3 is 2.58 bits per heavy atom. The number of ether oxygens (including phenoxy) is 1. The highest BCUT2D eigenvalue weighted by Gasteiger charge is 2.47. The molecule has 5 heteroatoms. The predicted molar refractivity (Wildman–Crippen MR) is 121 cm³/mol. The van der Waals surface area contributed by atoms with Gasteiger partial charge >= 0.3 is 0 Å². The third kappa shape index (κ3) is 3.79. The van der Waals surface area contributed by atoms with E-state index in [0.29, 0.717) is 24.3 Å². The summed E-state index contributed by atoms with van der Waals surface area (Å²) in [4.78, 5) is 28.8. The number of carbonyl (C=O) groups is 2. The Balaban J connectivity index is 1.71. The minimum absolute atomic E-state index is 0.164. The third-order valence-corrected chi connectivity index (χ3v) is 5.86. The molecule has 0 saturated carbocycles. The Morgan fingerprint density at radius 1 is 1.06 bits per heavy atom. The highest BCUT2D eigenvalue weighted by molar-refractivity contribution is 6.14. The van der Waals surface area contributed by atoms with Crippen LogP contribution >= 0.6 is 0 Å². The van der Waals surface area contributed by atoms with Crippen LogP contribution in [0.15, 0.2) is 72.8 Å². The van der Waals surface area contributed by atoms with E-state index in [1.54, 1.807) is 12.0 Å². The number of nitrogens with zero attached hydrogens (tertiary/aromatic N) is 1. The summed E-state index contributed by atoms with van der Waals surface area (Å²) in [6.45, 7) is 4.13. The molecule has 0 saturated heterocycles. The molecule has 1 N–H and O–H groups in total. The molecule has 3 aromatic carbocycles. The number of methoxy groups -OCH3 is 1. The van der Waals surface area contributed by atoms with Gasteiger partial charge in [0.25, 0.3) is 5.91 Å². The number of rotatable bonds is 5. The van der Waals surface area contributed by atoms with E-state index in [-0.39, 0.29) is 11.8 Å². The zero-order valence-corrected chi connectivity index (χ0v) is 18.0. The monoisotopic (exact) mass is 414 g/mol. The summed E-state index contributed by atoms with van der Waals surface area (Å²) in [5, 5.41) is 3.04. The van der Waals surface area contributed by atoms with Crippen LogP contribution < -0.4 is 15.0 Å². The van der Waals surface area contributed by atoms with Crippen molar-refractivity contribution in [2.75, 3.05) is 12.0 Å². The summed E-state index contributed by atoms with van der Waals surface area (Å²) in [6, 6.07) is 22.8. The second kappa shape index (κ2) is 8.26. The van der Waals surface area contributed by atoms with Crippen molar-refractivity contribution in [3.63, 3.8) is 0 Å². The van der Waals surface area contributed by atoms with E-state index in [0.717, 1.165) is 22.4 Å². The number of nitrogens with one attached hydrogen (secondary N) is 1. The van der Waals surface area contributed by atoms with Gasteiger partial charge in [0.2, 0.25) is 5.91 Å². The van der Waals surface area contributed by atoms with Gasteiger partial charge in [0.15, 0.2) is 0 Å². The van der Waals surface area contributed by atoms with Gasteiger partial charge in [-0.2, -0.15) is 0 Å². The molecule has 4 rings (SSSR count). The molecular weight excluding hydrogens is 388 g/mol. The highest BCUT2D eigenvalue weighted by atomic mass is 16.5. The van der Waals surface area contributed by atoms with Crippen molar-refractivity contribution in [1.29, 1.82) is 0 Å². The number of benzene rings is 3. The van der Waals surface area contributed by atoms with Crippen LogP contribution in [0.25, 0.3) is 0 Å². The molecule has 1 aliphatic rings. The number of aryl methyl sites for hydroxylation is 1. The average Bonchev–Trinajstić information content (AvgIpc) is 2.77. The molecule has 1 aliphatic heterocycles. The summed E-state index contributed by atoms with van der Waals surface area (Å²) in [7, 11) is 1.61. The van der Waals surface area contributed by atoms with Crippen LogP contribution in [0.3, 0.4) is 0 Å². The van der Waals surface area contributed by atoms with Crippen LogP contribution in [0, 0.1) is 6.92 Å². The van der Waals surface area contributed by atoms with Crippen molar-refractivity contribution in [3.05, 3.63) is 95.1 Å². The number of para-hydroxylation sites is 1. The maximum Gasteiger partial charge on any atom is 0.259 e. The lowest BCUT2D eigenvalue weighted by molar-refractivity contribution is -0.126. The Bertz CT molecular complexity index is 1140. The van der Waals surface area contributed by atoms with Gasteiger partial charge in [-0.05, 0) is 49.2 Å². The van der Waals surface area contributed by atoms with E-state index in [4.69, 9.17) is 4.74 Å². The van der Waals surface area contributed by atoms with Gasteiger partial charge in [-0.1, -0.05) is 48.5 Å². The first-order valence-electron chi connectivity index (χ1n) is 10.3. The van der Waals surface area contributed by atoms with Crippen LogP contribution in [0.1, 0.15) is 34.0 Å². The highest BCUT2D eigenvalue weighted by Crippen LogP contribution is 2.36. The number of amides is 2. The maximum absolute atomic E-state index is 13.6. The SMILES string of the molecule is COc1ccccc1CNC(=O)[C@]1(C)Cc2ccccc2C(=O)N1c1cccc(C)c1. The average molecular weight is 415 g/mol. The standard InChI is InChI=1S/C26H26N2O3/c1-18-9-8-12-21(15-18)28-24(29)22-13-6-4-10-19(22)16-26(28,2)25(30)27-17-20-11-5-7-14-23(20)31-3/h4-15H,16-17H2,1-3H3,(H,27,30)/t26-/m0/s1. The van der Waals surface area contributed by atoms with Gasteiger partial charge in [-0.3, -0.25) is 14.5 Å². The van der Waals surface area contributed by atoms with Crippen LogP contribution in [-0.4, -0.2) is 24.5 Å². The number of hydrogen-bond acceptors (Lipinski definition) is 3. The second-order valence-electron chi connectivity index (χ2n) is 8.08. The van der Waals surface area contributed by atoms with E-state index in [1.165, 1.54) is 0 Å². The van der Waals surface area contributed by atoms with Gasteiger partial charge in [0.1, 0.15) is 11.3 Å². The Morgan fingerprint density at radius 2 is 1.81 bits per heavy atom. The summed E-state index contributed by atoms with van der Waals surface area (Å²) < 4.78 is 5.40. The Hall–Kier alpha value is -3.60. The minimum atomic E-state index is -1.07. The smallest absolute Gasteiger partial charge is 0.259 e. The van der Waals surface area contributed by atoms with Crippen LogP contribution in [0.2, 0.25) is 0 Å². The first kappa shape index (κ1) is 20.7. The molecule has 0 aromatic heterocycles. The quantitative estimate of drug-likeness (QED) is 0.678. The molecule has 1 heterocycles. The molecule has 1 atom stereocenters. The minimum Gasteiger partial charge on any atom is -0.496 e. The molecule has 0 bridgehead atoms. The van der Waals surface area contributed by atoms with Crippen molar-refractivity contribution in [2.45, 2.75) is 32.4 Å². The van der Waals surface area contributed by atoms with E-state index in [2.05, 4.69) is 5.32 Å². The van der Waals surface area contributed by atoms with Gasteiger partial charge < -0.3 is 10.1 Å². The van der Waals surface area contributed by atoms with Gasteiger partial charge in [0, 0.05) is 29.8 Å². The topological polar surface area (TPSA) is 58.6 Å². The molecule has 3 aromatic rings. The number of hydrogen-bond donors (Lipinski definition) is 1. The summed E-state index contributed by atoms with van der Waals surface area (Å²) >= 11 is 0. The normalized spacial score (nSPS) is 17.8. The van der Waals surface area contributed by atoms with E-state index >= 15 is 0 Å². The van der Waals surface area contributed by atoms with Crippen molar-refractivity contribution in [2.24, 2.45) is 0 Å². The van der Waals surface area contributed by atoms with Crippen LogP contribution in [0.4, 0.5) is 5.69 Å². The fourth-order valence-electron chi connectivity index (χ4n) is 4.24. The lowest BCUT2D eigenvalue weighted by Gasteiger charge is -2.44. The first-order chi connectivity index (χ1) is 14.9. The fourth-order valence-corrected chi connectivity index (χ4v) is 4.24. The molecule has 31 heavy (non-hydrogen) atoms. The van der Waals surface area contributed by atoms with Gasteiger partial charge in [0.05, 0.1) is 7.11 Å². The van der Waals surface area contributed by atoms with Crippen molar-refractivity contribution >= 4 is 17.5 Å². The predicted octanol–water partition coefficient (Wildman–Crippen LogP) is 4.28. The molecular formula is C26H26N2O3.